The molecule has 2 fully saturated rings. The van der Waals surface area contributed by atoms with Crippen LogP contribution in [0.2, 0.25) is 0 Å². The summed E-state index contributed by atoms with van der Waals surface area (Å²) in [5.41, 5.74) is 7.14. The minimum absolute atomic E-state index is 0.0497. The van der Waals surface area contributed by atoms with Gasteiger partial charge in [-0.25, -0.2) is 0 Å². The molecule has 8 heteroatoms. The highest BCUT2D eigenvalue weighted by atomic mass is 16.5. The fourth-order valence-corrected chi connectivity index (χ4v) is 5.54. The number of aliphatic hydroxyl groups is 1. The Hall–Kier alpha value is -2.45. The van der Waals surface area contributed by atoms with Crippen LogP contribution in [0.3, 0.4) is 0 Å². The Balaban J connectivity index is 1.78. The van der Waals surface area contributed by atoms with Crippen LogP contribution in [0.4, 0.5) is 0 Å². The van der Waals surface area contributed by atoms with E-state index in [0.717, 1.165) is 18.4 Å². The van der Waals surface area contributed by atoms with Crippen LogP contribution in [0, 0.1) is 11.8 Å². The Morgan fingerprint density at radius 3 is 2.47 bits per heavy atom. The van der Waals surface area contributed by atoms with E-state index in [1.165, 1.54) is 33.1 Å². The summed E-state index contributed by atoms with van der Waals surface area (Å²) in [5.74, 6) is 0.461. The summed E-state index contributed by atoms with van der Waals surface area (Å²) in [7, 11) is 1.57. The quantitative estimate of drug-likeness (QED) is 0.506. The van der Waals surface area contributed by atoms with Crippen LogP contribution in [0.25, 0.3) is 0 Å². The molecule has 2 aliphatic rings. The maximum absolute atomic E-state index is 13.4. The number of ketones is 1. The lowest BCUT2D eigenvalue weighted by Gasteiger charge is -2.28. The molecule has 1 aliphatic carbocycles. The number of ether oxygens (including phenoxy) is 1. The van der Waals surface area contributed by atoms with Crippen molar-refractivity contribution in [3.8, 4) is 5.75 Å². The molecule has 5 atom stereocenters. The van der Waals surface area contributed by atoms with Gasteiger partial charge in [-0.15, -0.1) is 0 Å². The fraction of sp³-hybridized carbons (Fsp3) is 0.654. The largest absolute Gasteiger partial charge is 0.496 e. The number of benzene rings is 1. The number of nitrogens with zero attached hydrogens (tertiary/aromatic N) is 1. The number of hydrogen-bond acceptors (Lipinski definition) is 6. The Kier molecular flexibility index (Phi) is 9.08. The van der Waals surface area contributed by atoms with Crippen LogP contribution < -0.4 is 15.8 Å². The zero-order valence-corrected chi connectivity index (χ0v) is 20.5. The molecular weight excluding hydrogens is 434 g/mol. The average molecular weight is 474 g/mol. The number of nitrogens with two attached hydrogens (primary N) is 1. The van der Waals surface area contributed by atoms with E-state index < -0.39 is 30.1 Å². The molecule has 188 valence electrons. The molecule has 0 spiro atoms. The second-order valence-corrected chi connectivity index (χ2v) is 9.85. The van der Waals surface area contributed by atoms with Gasteiger partial charge in [-0.3, -0.25) is 14.4 Å². The van der Waals surface area contributed by atoms with Crippen molar-refractivity contribution in [2.75, 3.05) is 13.7 Å². The lowest BCUT2D eigenvalue weighted by atomic mass is 9.79. The van der Waals surface area contributed by atoms with Gasteiger partial charge in [-0.05, 0) is 38.2 Å². The summed E-state index contributed by atoms with van der Waals surface area (Å²) < 4.78 is 5.39. The summed E-state index contributed by atoms with van der Waals surface area (Å²) in [6, 6.07) is 5.12. The zero-order chi connectivity index (χ0) is 24.8. The van der Waals surface area contributed by atoms with E-state index in [2.05, 4.69) is 5.32 Å². The van der Waals surface area contributed by atoms with E-state index in [-0.39, 0.29) is 24.0 Å². The van der Waals surface area contributed by atoms with Crippen molar-refractivity contribution in [2.45, 2.75) is 83.0 Å². The molecule has 0 aromatic heterocycles. The molecule has 1 aromatic rings. The second kappa shape index (κ2) is 11.8. The van der Waals surface area contributed by atoms with Crippen LogP contribution in [-0.4, -0.2) is 59.4 Å². The smallest absolute Gasteiger partial charge is 0.243 e. The number of carbonyl (C=O) groups excluding carboxylic acids is 3. The van der Waals surface area contributed by atoms with Gasteiger partial charge in [-0.2, -0.15) is 0 Å². The first kappa shape index (κ1) is 26.2. The van der Waals surface area contributed by atoms with Crippen molar-refractivity contribution < 1.29 is 24.2 Å². The van der Waals surface area contributed by atoms with Crippen LogP contribution in [0.5, 0.6) is 5.75 Å². The van der Waals surface area contributed by atoms with Gasteiger partial charge in [0, 0.05) is 24.6 Å². The molecule has 2 amide bonds. The highest BCUT2D eigenvalue weighted by Gasteiger charge is 2.43. The van der Waals surface area contributed by atoms with E-state index in [1.807, 2.05) is 24.3 Å². The number of Topliss-reactive ketones (excluding diaryl/α,β-unsaturated/α-hetero) is 1. The predicted molar refractivity (Wildman–Crippen MR) is 129 cm³/mol. The fourth-order valence-electron chi connectivity index (χ4n) is 5.54. The predicted octanol–water partition coefficient (Wildman–Crippen LogP) is 2.34. The molecule has 0 radical (unpaired) electrons. The van der Waals surface area contributed by atoms with Crippen molar-refractivity contribution in [2.24, 2.45) is 17.6 Å². The topological polar surface area (TPSA) is 122 Å². The Morgan fingerprint density at radius 1 is 1.18 bits per heavy atom. The summed E-state index contributed by atoms with van der Waals surface area (Å²) in [4.78, 5) is 40.3. The Bertz CT molecular complexity index is 868. The highest BCUT2D eigenvalue weighted by Crippen LogP contribution is 2.38. The minimum atomic E-state index is -1.01. The summed E-state index contributed by atoms with van der Waals surface area (Å²) >= 11 is 0. The van der Waals surface area contributed by atoms with Crippen LogP contribution >= 0.6 is 0 Å². The lowest BCUT2D eigenvalue weighted by Crippen LogP contribution is -2.53. The van der Waals surface area contributed by atoms with Crippen molar-refractivity contribution in [1.82, 2.24) is 10.2 Å². The van der Waals surface area contributed by atoms with E-state index in [9.17, 15) is 19.5 Å². The molecule has 1 aromatic carbocycles. The van der Waals surface area contributed by atoms with E-state index in [1.54, 1.807) is 12.0 Å². The van der Waals surface area contributed by atoms with Crippen molar-refractivity contribution in [3.05, 3.63) is 29.8 Å². The number of hydrogen-bond donors (Lipinski definition) is 3. The molecule has 1 heterocycles. The maximum Gasteiger partial charge on any atom is 0.243 e. The van der Waals surface area contributed by atoms with Gasteiger partial charge < -0.3 is 25.8 Å². The third-order valence-corrected chi connectivity index (χ3v) is 7.42. The molecule has 1 saturated carbocycles. The zero-order valence-electron chi connectivity index (χ0n) is 20.5. The number of para-hydroxylation sites is 1. The van der Waals surface area contributed by atoms with E-state index >= 15 is 0 Å². The molecule has 1 aliphatic heterocycles. The first-order chi connectivity index (χ1) is 16.2. The maximum atomic E-state index is 13.4. The molecule has 3 rings (SSSR count). The van der Waals surface area contributed by atoms with E-state index in [0.29, 0.717) is 24.6 Å². The van der Waals surface area contributed by atoms with Crippen LogP contribution in [0.15, 0.2) is 24.3 Å². The SMILES string of the molecule is COc1ccccc1C(N)CC(=O)N1CC(C2CCCCC2)C[C@H]1C(=O)N[C@H](C(C)=O)C(C)O. The minimum Gasteiger partial charge on any atom is -0.496 e. The first-order valence-electron chi connectivity index (χ1n) is 12.4. The van der Waals surface area contributed by atoms with Crippen molar-refractivity contribution >= 4 is 17.6 Å². The number of rotatable bonds is 9. The van der Waals surface area contributed by atoms with Gasteiger partial charge in [0.2, 0.25) is 11.8 Å². The Labute approximate surface area is 202 Å². The van der Waals surface area contributed by atoms with E-state index in [4.69, 9.17) is 10.5 Å². The molecule has 34 heavy (non-hydrogen) atoms. The van der Waals surface area contributed by atoms with Gasteiger partial charge in [0.15, 0.2) is 5.78 Å². The van der Waals surface area contributed by atoms with Gasteiger partial charge in [0.05, 0.1) is 13.2 Å². The number of amides is 2. The molecule has 0 bridgehead atoms. The first-order valence-corrected chi connectivity index (χ1v) is 12.4. The molecule has 1 saturated heterocycles. The third kappa shape index (κ3) is 6.16. The number of nitrogens with one attached hydrogen (secondary N) is 1. The van der Waals surface area contributed by atoms with Gasteiger partial charge in [0.1, 0.15) is 17.8 Å². The monoisotopic (exact) mass is 473 g/mol. The number of likely N-dealkylation sites (tertiary alicyclic amines) is 1. The number of methoxy groups -OCH3 is 1. The van der Waals surface area contributed by atoms with Gasteiger partial charge >= 0.3 is 0 Å². The van der Waals surface area contributed by atoms with Crippen LogP contribution in [0.1, 0.15) is 70.4 Å². The standard InChI is InChI=1S/C26H39N3O5/c1-16(30)25(17(2)31)28-26(33)22-13-19(18-9-5-4-6-10-18)15-29(22)24(32)14-21(27)20-11-7-8-12-23(20)34-3/h7-8,11-12,16,18-19,21-22,25,30H,4-6,9-10,13-15,27H2,1-3H3,(H,28,33)/t16?,19?,21?,22-,25-/m0/s1. The molecular formula is C26H39N3O5. The average Bonchev–Trinajstić information content (AvgIpc) is 3.28. The lowest BCUT2D eigenvalue weighted by molar-refractivity contribution is -0.140. The summed E-state index contributed by atoms with van der Waals surface area (Å²) in [6.07, 6.45) is 5.43. The highest BCUT2D eigenvalue weighted by molar-refractivity contribution is 5.92. The summed E-state index contributed by atoms with van der Waals surface area (Å²) in [6.45, 7) is 3.33. The third-order valence-electron chi connectivity index (χ3n) is 7.42. The van der Waals surface area contributed by atoms with Crippen LogP contribution in [-0.2, 0) is 14.4 Å². The van der Waals surface area contributed by atoms with Gasteiger partial charge in [0.25, 0.3) is 0 Å². The number of aliphatic hydroxyl groups excluding tert-OH is 1. The normalized spacial score (nSPS) is 23.7. The van der Waals surface area contributed by atoms with Gasteiger partial charge in [-0.1, -0.05) is 50.3 Å². The Morgan fingerprint density at radius 2 is 1.85 bits per heavy atom. The van der Waals surface area contributed by atoms with Crippen molar-refractivity contribution in [3.63, 3.8) is 0 Å². The second-order valence-electron chi connectivity index (χ2n) is 9.85. The number of carbonyl (C=O) groups is 3. The molecule has 8 nitrogen and oxygen atoms in total. The molecule has 3 unspecified atom stereocenters. The summed E-state index contributed by atoms with van der Waals surface area (Å²) in [5, 5.41) is 12.6. The molecule has 4 N–H and O–H groups in total. The van der Waals surface area contributed by atoms with Crippen molar-refractivity contribution in [1.29, 1.82) is 0 Å².